The Balaban J connectivity index is 1.83. The lowest BCUT2D eigenvalue weighted by molar-refractivity contribution is 0.0955. The number of carbonyl (C=O) groups is 1. The number of rotatable bonds is 3. The molecule has 3 aromatic carbocycles. The average Bonchev–Trinajstić information content (AvgIpc) is 2.59. The molecule has 0 fully saturated rings. The number of hydrazone groups is 1. The van der Waals surface area contributed by atoms with Crippen molar-refractivity contribution in [1.82, 2.24) is 5.43 Å². The summed E-state index contributed by atoms with van der Waals surface area (Å²) in [6.45, 7) is 0. The first-order valence-corrected chi connectivity index (χ1v) is 7.46. The standard InChI is InChI=1S/C18H13ClN2O3/c19-15-9-12(6-8-17(15)23)18(24)21-20-10-14-13-4-2-1-3-11(13)5-7-16(14)22/h1-10,22-23H,(H,21,24)/b20-10+. The Morgan fingerprint density at radius 2 is 1.79 bits per heavy atom. The zero-order valence-electron chi connectivity index (χ0n) is 12.4. The molecule has 3 rings (SSSR count). The summed E-state index contributed by atoms with van der Waals surface area (Å²) in [4.78, 5) is 12.0. The topological polar surface area (TPSA) is 81.9 Å². The van der Waals surface area contributed by atoms with Crippen molar-refractivity contribution in [2.24, 2.45) is 5.10 Å². The zero-order chi connectivity index (χ0) is 17.1. The molecule has 0 atom stereocenters. The molecule has 0 aliphatic heterocycles. The highest BCUT2D eigenvalue weighted by atomic mass is 35.5. The summed E-state index contributed by atoms with van der Waals surface area (Å²) >= 11 is 5.77. The maximum absolute atomic E-state index is 12.0. The van der Waals surface area contributed by atoms with Crippen molar-refractivity contribution >= 4 is 34.5 Å². The van der Waals surface area contributed by atoms with Gasteiger partial charge in [0, 0.05) is 11.1 Å². The van der Waals surface area contributed by atoms with E-state index in [2.05, 4.69) is 10.5 Å². The van der Waals surface area contributed by atoms with E-state index in [0.29, 0.717) is 5.56 Å². The van der Waals surface area contributed by atoms with E-state index in [4.69, 9.17) is 11.6 Å². The van der Waals surface area contributed by atoms with Gasteiger partial charge >= 0.3 is 0 Å². The van der Waals surface area contributed by atoms with Crippen molar-refractivity contribution in [3.05, 3.63) is 70.7 Å². The molecule has 0 aromatic heterocycles. The number of aromatic hydroxyl groups is 2. The first-order valence-electron chi connectivity index (χ1n) is 7.09. The summed E-state index contributed by atoms with van der Waals surface area (Å²) < 4.78 is 0. The molecule has 24 heavy (non-hydrogen) atoms. The highest BCUT2D eigenvalue weighted by Crippen LogP contribution is 2.25. The van der Waals surface area contributed by atoms with Gasteiger partial charge in [-0.3, -0.25) is 4.79 Å². The van der Waals surface area contributed by atoms with Gasteiger partial charge in [0.1, 0.15) is 11.5 Å². The fourth-order valence-electron chi connectivity index (χ4n) is 2.29. The molecule has 0 aliphatic carbocycles. The fourth-order valence-corrected chi connectivity index (χ4v) is 2.47. The molecule has 0 heterocycles. The molecule has 0 saturated heterocycles. The molecule has 0 aliphatic rings. The molecule has 0 spiro atoms. The number of hydrogen-bond acceptors (Lipinski definition) is 4. The SMILES string of the molecule is O=C(N/N=C/c1c(O)ccc2ccccc12)c1ccc(O)c(Cl)c1. The predicted molar refractivity (Wildman–Crippen MR) is 93.8 cm³/mol. The third-order valence-electron chi connectivity index (χ3n) is 3.52. The van der Waals surface area contributed by atoms with E-state index in [1.165, 1.54) is 24.4 Å². The molecule has 0 radical (unpaired) electrons. The van der Waals surface area contributed by atoms with E-state index in [0.717, 1.165) is 10.8 Å². The van der Waals surface area contributed by atoms with Gasteiger partial charge in [-0.2, -0.15) is 5.10 Å². The number of halogens is 1. The third-order valence-corrected chi connectivity index (χ3v) is 3.82. The largest absolute Gasteiger partial charge is 0.507 e. The second-order valence-corrected chi connectivity index (χ2v) is 5.49. The number of fused-ring (bicyclic) bond motifs is 1. The minimum Gasteiger partial charge on any atom is -0.507 e. The van der Waals surface area contributed by atoms with Gasteiger partial charge in [-0.15, -0.1) is 0 Å². The van der Waals surface area contributed by atoms with Crippen LogP contribution in [0.15, 0.2) is 59.7 Å². The Bertz CT molecular complexity index is 954. The lowest BCUT2D eigenvalue weighted by Gasteiger charge is -2.05. The summed E-state index contributed by atoms with van der Waals surface area (Å²) in [6, 6.07) is 15.0. The van der Waals surface area contributed by atoms with Crippen LogP contribution in [0.3, 0.4) is 0 Å². The monoisotopic (exact) mass is 340 g/mol. The molecule has 6 heteroatoms. The molecule has 120 valence electrons. The summed E-state index contributed by atoms with van der Waals surface area (Å²) in [5.74, 6) is -0.510. The number of nitrogens with one attached hydrogen (secondary N) is 1. The molecule has 3 N–H and O–H groups in total. The van der Waals surface area contributed by atoms with E-state index in [9.17, 15) is 15.0 Å². The minimum atomic E-state index is -0.479. The average molecular weight is 341 g/mol. The van der Waals surface area contributed by atoms with Crippen LogP contribution in [0.2, 0.25) is 5.02 Å². The van der Waals surface area contributed by atoms with Gasteiger partial charge in [-0.25, -0.2) is 5.43 Å². The van der Waals surface area contributed by atoms with E-state index in [1.807, 2.05) is 24.3 Å². The van der Waals surface area contributed by atoms with Crippen LogP contribution in [0.1, 0.15) is 15.9 Å². The summed E-state index contributed by atoms with van der Waals surface area (Å²) in [6.07, 6.45) is 1.39. The van der Waals surface area contributed by atoms with Gasteiger partial charge in [-0.05, 0) is 35.0 Å². The van der Waals surface area contributed by atoms with Gasteiger partial charge in [0.15, 0.2) is 0 Å². The maximum Gasteiger partial charge on any atom is 0.271 e. The van der Waals surface area contributed by atoms with Crippen LogP contribution in [-0.4, -0.2) is 22.3 Å². The molecule has 5 nitrogen and oxygen atoms in total. The minimum absolute atomic E-state index is 0.0689. The van der Waals surface area contributed by atoms with Crippen LogP contribution in [0, 0.1) is 0 Å². The van der Waals surface area contributed by atoms with Crippen molar-refractivity contribution in [2.45, 2.75) is 0 Å². The molecular weight excluding hydrogens is 328 g/mol. The molecule has 0 unspecified atom stereocenters. The smallest absolute Gasteiger partial charge is 0.271 e. The van der Waals surface area contributed by atoms with Crippen molar-refractivity contribution in [3.8, 4) is 11.5 Å². The Labute approximate surface area is 142 Å². The Kier molecular flexibility index (Phi) is 4.35. The van der Waals surface area contributed by atoms with Gasteiger partial charge in [-0.1, -0.05) is 41.9 Å². The number of phenolic OH excluding ortho intramolecular Hbond substituents is 2. The van der Waals surface area contributed by atoms with Crippen molar-refractivity contribution in [1.29, 1.82) is 0 Å². The molecular formula is C18H13ClN2O3. The van der Waals surface area contributed by atoms with Crippen LogP contribution in [0.5, 0.6) is 11.5 Å². The Hall–Kier alpha value is -3.05. The van der Waals surface area contributed by atoms with Crippen LogP contribution in [0.25, 0.3) is 10.8 Å². The van der Waals surface area contributed by atoms with Crippen molar-refractivity contribution in [3.63, 3.8) is 0 Å². The maximum atomic E-state index is 12.0. The van der Waals surface area contributed by atoms with Gasteiger partial charge < -0.3 is 10.2 Å². The fraction of sp³-hybridized carbons (Fsp3) is 0. The molecule has 0 bridgehead atoms. The van der Waals surface area contributed by atoms with E-state index < -0.39 is 5.91 Å². The van der Waals surface area contributed by atoms with Crippen molar-refractivity contribution < 1.29 is 15.0 Å². The number of nitrogens with zero attached hydrogens (tertiary/aromatic N) is 1. The summed E-state index contributed by atoms with van der Waals surface area (Å²) in [5, 5.41) is 25.1. The quantitative estimate of drug-likeness (QED) is 0.502. The number of phenols is 2. The number of hydrogen-bond donors (Lipinski definition) is 3. The lowest BCUT2D eigenvalue weighted by atomic mass is 10.0. The van der Waals surface area contributed by atoms with Crippen LogP contribution in [-0.2, 0) is 0 Å². The summed E-state index contributed by atoms with van der Waals surface area (Å²) in [5.41, 5.74) is 3.14. The highest BCUT2D eigenvalue weighted by molar-refractivity contribution is 6.32. The van der Waals surface area contributed by atoms with Crippen LogP contribution >= 0.6 is 11.6 Å². The van der Waals surface area contributed by atoms with Gasteiger partial charge in [0.05, 0.1) is 11.2 Å². The molecule has 3 aromatic rings. The number of carbonyl (C=O) groups excluding carboxylic acids is 1. The van der Waals surface area contributed by atoms with Crippen molar-refractivity contribution in [2.75, 3.05) is 0 Å². The molecule has 1 amide bonds. The highest BCUT2D eigenvalue weighted by Gasteiger charge is 2.08. The van der Waals surface area contributed by atoms with Gasteiger partial charge in [0.2, 0.25) is 0 Å². The van der Waals surface area contributed by atoms with E-state index >= 15 is 0 Å². The number of amides is 1. The van der Waals surface area contributed by atoms with E-state index in [-0.39, 0.29) is 22.1 Å². The van der Waals surface area contributed by atoms with E-state index in [1.54, 1.807) is 12.1 Å². The van der Waals surface area contributed by atoms with Gasteiger partial charge in [0.25, 0.3) is 5.91 Å². The van der Waals surface area contributed by atoms with Crippen LogP contribution < -0.4 is 5.43 Å². The normalized spacial score (nSPS) is 11.0. The third kappa shape index (κ3) is 3.16. The summed E-state index contributed by atoms with van der Waals surface area (Å²) in [7, 11) is 0. The first kappa shape index (κ1) is 15.8. The zero-order valence-corrected chi connectivity index (χ0v) is 13.2. The Morgan fingerprint density at radius 3 is 2.58 bits per heavy atom. The predicted octanol–water partition coefficient (Wildman–Crippen LogP) is 3.67. The Morgan fingerprint density at radius 1 is 1.04 bits per heavy atom. The number of benzene rings is 3. The first-order chi connectivity index (χ1) is 11.6. The lowest BCUT2D eigenvalue weighted by Crippen LogP contribution is -2.17. The second-order valence-electron chi connectivity index (χ2n) is 5.08. The van der Waals surface area contributed by atoms with Crippen LogP contribution in [0.4, 0.5) is 0 Å². The second kappa shape index (κ2) is 6.60. The molecule has 0 saturated carbocycles.